The summed E-state index contributed by atoms with van der Waals surface area (Å²) >= 11 is 0. The Kier molecular flexibility index (Phi) is 4.18. The van der Waals surface area contributed by atoms with Crippen molar-refractivity contribution in [3.63, 3.8) is 0 Å². The molecule has 1 aromatic rings. The molecule has 1 aliphatic rings. The number of benzene rings is 1. The third kappa shape index (κ3) is 4.04. The average molecular weight is 288 g/mol. The van der Waals surface area contributed by atoms with Gasteiger partial charge >= 0.3 is 17.9 Å². The molecule has 0 aliphatic carbocycles. The summed E-state index contributed by atoms with van der Waals surface area (Å²) in [7, 11) is 0. The number of esters is 3. The second-order valence-corrected chi connectivity index (χ2v) is 4.19. The molecule has 0 bridgehead atoms. The van der Waals surface area contributed by atoms with Crippen molar-refractivity contribution in [1.82, 2.24) is 0 Å². The fourth-order valence-corrected chi connectivity index (χ4v) is 1.68. The minimum atomic E-state index is -0.492. The van der Waals surface area contributed by atoms with E-state index in [2.05, 4.69) is 0 Å². The van der Waals surface area contributed by atoms with E-state index in [4.69, 9.17) is 14.2 Å². The Labute approximate surface area is 120 Å². The molecule has 0 atom stereocenters. The van der Waals surface area contributed by atoms with Crippen molar-refractivity contribution in [3.8, 4) is 11.5 Å². The van der Waals surface area contributed by atoms with Crippen LogP contribution in [0.4, 0.5) is 0 Å². The Morgan fingerprint density at radius 1 is 1.10 bits per heavy atom. The molecular formula is C15H12O6. The molecule has 1 aromatic carbocycles. The van der Waals surface area contributed by atoms with Gasteiger partial charge in [0.25, 0.3) is 0 Å². The molecule has 1 heterocycles. The second-order valence-electron chi connectivity index (χ2n) is 4.19. The second kappa shape index (κ2) is 6.04. The molecule has 0 fully saturated rings. The Morgan fingerprint density at radius 2 is 1.81 bits per heavy atom. The minimum absolute atomic E-state index is 0.266. The highest BCUT2D eigenvalue weighted by Gasteiger charge is 2.13. The van der Waals surface area contributed by atoms with Crippen LogP contribution in [0.2, 0.25) is 0 Å². The molecule has 0 spiro atoms. The SMILES string of the molecule is CC(=O)Oc1ccc(OC(C)=O)c(/C=C2\C=CC(=O)O2)c1. The van der Waals surface area contributed by atoms with E-state index >= 15 is 0 Å². The maximum atomic E-state index is 11.1. The third-order valence-corrected chi connectivity index (χ3v) is 2.40. The molecule has 1 aliphatic heterocycles. The zero-order chi connectivity index (χ0) is 15.4. The lowest BCUT2D eigenvalue weighted by atomic mass is 10.1. The molecule has 0 unspecified atom stereocenters. The number of hydrogen-bond acceptors (Lipinski definition) is 6. The van der Waals surface area contributed by atoms with Crippen LogP contribution < -0.4 is 9.47 Å². The molecular weight excluding hydrogens is 276 g/mol. The van der Waals surface area contributed by atoms with Crippen LogP contribution in [0, 0.1) is 0 Å². The number of carbonyl (C=O) groups excluding carboxylic acids is 3. The standard InChI is InChI=1S/C15H12O6/c1-9(16)19-12-3-5-14(20-10(2)17)11(7-12)8-13-4-6-15(18)21-13/h3-8H,1-2H3/b13-8+. The van der Waals surface area contributed by atoms with Gasteiger partial charge in [0.15, 0.2) is 0 Å². The predicted octanol–water partition coefficient (Wildman–Crippen LogP) is 1.99. The van der Waals surface area contributed by atoms with Crippen LogP contribution in [0.25, 0.3) is 6.08 Å². The summed E-state index contributed by atoms with van der Waals surface area (Å²) in [6.07, 6.45) is 4.26. The van der Waals surface area contributed by atoms with Crippen LogP contribution in [0.15, 0.2) is 36.1 Å². The van der Waals surface area contributed by atoms with Gasteiger partial charge in [0.05, 0.1) is 0 Å². The van der Waals surface area contributed by atoms with Gasteiger partial charge in [-0.15, -0.1) is 0 Å². The molecule has 2 rings (SSSR count). The molecule has 0 aromatic heterocycles. The quantitative estimate of drug-likeness (QED) is 0.625. The van der Waals surface area contributed by atoms with Crippen molar-refractivity contribution in [2.24, 2.45) is 0 Å². The first kappa shape index (κ1) is 14.5. The van der Waals surface area contributed by atoms with Crippen molar-refractivity contribution in [2.75, 3.05) is 0 Å². The van der Waals surface area contributed by atoms with Crippen molar-refractivity contribution in [1.29, 1.82) is 0 Å². The fourth-order valence-electron chi connectivity index (χ4n) is 1.68. The lowest BCUT2D eigenvalue weighted by Gasteiger charge is -2.08. The van der Waals surface area contributed by atoms with Crippen LogP contribution in [-0.2, 0) is 19.1 Å². The van der Waals surface area contributed by atoms with E-state index < -0.39 is 17.9 Å². The summed E-state index contributed by atoms with van der Waals surface area (Å²) in [6, 6.07) is 4.50. The van der Waals surface area contributed by atoms with Crippen molar-refractivity contribution in [2.45, 2.75) is 13.8 Å². The average Bonchev–Trinajstić information content (AvgIpc) is 2.77. The van der Waals surface area contributed by atoms with Crippen molar-refractivity contribution in [3.05, 3.63) is 41.7 Å². The minimum Gasteiger partial charge on any atom is -0.427 e. The number of rotatable bonds is 3. The smallest absolute Gasteiger partial charge is 0.336 e. The van der Waals surface area contributed by atoms with Gasteiger partial charge in [0.2, 0.25) is 0 Å². The van der Waals surface area contributed by atoms with E-state index in [-0.39, 0.29) is 5.75 Å². The molecule has 0 amide bonds. The van der Waals surface area contributed by atoms with Crippen LogP contribution in [0.3, 0.4) is 0 Å². The number of allylic oxidation sites excluding steroid dienone is 1. The van der Waals surface area contributed by atoms with Crippen LogP contribution in [-0.4, -0.2) is 17.9 Å². The first-order valence-corrected chi connectivity index (χ1v) is 6.06. The molecule has 6 nitrogen and oxygen atoms in total. The molecule has 108 valence electrons. The highest BCUT2D eigenvalue weighted by atomic mass is 16.5. The van der Waals surface area contributed by atoms with Crippen molar-refractivity contribution >= 4 is 24.0 Å². The van der Waals surface area contributed by atoms with E-state index in [0.29, 0.717) is 17.1 Å². The van der Waals surface area contributed by atoms with E-state index in [1.165, 1.54) is 50.3 Å². The zero-order valence-electron chi connectivity index (χ0n) is 11.4. The Bertz CT molecular complexity index is 669. The summed E-state index contributed by atoms with van der Waals surface area (Å²) in [5.41, 5.74) is 0.443. The van der Waals surface area contributed by atoms with E-state index in [0.717, 1.165) is 0 Å². The number of cyclic esters (lactones) is 1. The largest absolute Gasteiger partial charge is 0.427 e. The maximum Gasteiger partial charge on any atom is 0.336 e. The van der Waals surface area contributed by atoms with Gasteiger partial charge in [-0.25, -0.2) is 4.79 Å². The summed E-state index contributed by atoms with van der Waals surface area (Å²) in [6.45, 7) is 2.55. The molecule has 0 radical (unpaired) electrons. The van der Waals surface area contributed by atoms with E-state index in [1.54, 1.807) is 0 Å². The van der Waals surface area contributed by atoms with Crippen LogP contribution in [0.5, 0.6) is 11.5 Å². The van der Waals surface area contributed by atoms with Gasteiger partial charge in [-0.3, -0.25) is 9.59 Å². The Balaban J connectivity index is 2.38. The molecule has 6 heteroatoms. The van der Waals surface area contributed by atoms with Crippen LogP contribution >= 0.6 is 0 Å². The monoisotopic (exact) mass is 288 g/mol. The van der Waals surface area contributed by atoms with E-state index in [1.807, 2.05) is 0 Å². The molecule has 0 saturated heterocycles. The third-order valence-electron chi connectivity index (χ3n) is 2.40. The number of hydrogen-bond donors (Lipinski definition) is 0. The highest BCUT2D eigenvalue weighted by molar-refractivity contribution is 5.88. The van der Waals surface area contributed by atoms with Gasteiger partial charge in [-0.2, -0.15) is 0 Å². The van der Waals surface area contributed by atoms with Crippen molar-refractivity contribution < 1.29 is 28.6 Å². The van der Waals surface area contributed by atoms with Gasteiger partial charge in [-0.1, -0.05) is 0 Å². The van der Waals surface area contributed by atoms with Gasteiger partial charge < -0.3 is 14.2 Å². The molecule has 0 N–H and O–H groups in total. The normalized spacial score (nSPS) is 15.0. The maximum absolute atomic E-state index is 11.1. The topological polar surface area (TPSA) is 78.9 Å². The Morgan fingerprint density at radius 3 is 2.38 bits per heavy atom. The zero-order valence-corrected chi connectivity index (χ0v) is 11.4. The van der Waals surface area contributed by atoms with Gasteiger partial charge in [0.1, 0.15) is 17.3 Å². The lowest BCUT2D eigenvalue weighted by Crippen LogP contribution is -2.05. The summed E-state index contributed by atoms with van der Waals surface area (Å²) in [5, 5.41) is 0. The Hall–Kier alpha value is -2.89. The summed E-state index contributed by atoms with van der Waals surface area (Å²) in [5.74, 6) is -0.588. The lowest BCUT2D eigenvalue weighted by molar-refractivity contribution is -0.133. The number of carbonyl (C=O) groups is 3. The van der Waals surface area contributed by atoms with Crippen LogP contribution in [0.1, 0.15) is 19.4 Å². The number of ether oxygens (including phenoxy) is 3. The summed E-state index contributed by atoms with van der Waals surface area (Å²) in [4.78, 5) is 33.1. The first-order valence-electron chi connectivity index (χ1n) is 6.06. The summed E-state index contributed by atoms with van der Waals surface area (Å²) < 4.78 is 14.9. The highest BCUT2D eigenvalue weighted by Crippen LogP contribution is 2.28. The fraction of sp³-hybridized carbons (Fsp3) is 0.133. The molecule has 0 saturated carbocycles. The predicted molar refractivity (Wildman–Crippen MR) is 72.3 cm³/mol. The first-order chi connectivity index (χ1) is 9.94. The van der Waals surface area contributed by atoms with Gasteiger partial charge in [-0.05, 0) is 30.4 Å². The van der Waals surface area contributed by atoms with E-state index in [9.17, 15) is 14.4 Å². The molecule has 21 heavy (non-hydrogen) atoms. The van der Waals surface area contributed by atoms with Gasteiger partial charge in [0, 0.05) is 25.5 Å².